The second-order valence-electron chi connectivity index (χ2n) is 5.93. The maximum Gasteiger partial charge on any atom is 0.218 e. The van der Waals surface area contributed by atoms with Gasteiger partial charge in [-0.3, -0.25) is 4.21 Å². The molecule has 0 spiro atoms. The first kappa shape index (κ1) is 17.0. The van der Waals surface area contributed by atoms with Gasteiger partial charge in [0, 0.05) is 29.1 Å². The summed E-state index contributed by atoms with van der Waals surface area (Å²) in [5.74, 6) is 0. The molecule has 1 aliphatic rings. The SMILES string of the molecule is CS(=O)c1ncc(-c2ccccc2)c(-c2ccc(C3OCCO3)cc2)n1. The van der Waals surface area contributed by atoms with Crippen LogP contribution in [-0.2, 0) is 20.3 Å². The van der Waals surface area contributed by atoms with Crippen LogP contribution in [0.3, 0.4) is 0 Å². The van der Waals surface area contributed by atoms with E-state index in [4.69, 9.17) is 9.47 Å². The van der Waals surface area contributed by atoms with E-state index in [0.717, 1.165) is 27.9 Å². The molecule has 6 heteroatoms. The average molecular weight is 366 g/mol. The van der Waals surface area contributed by atoms with Crippen molar-refractivity contribution in [3.63, 3.8) is 0 Å². The summed E-state index contributed by atoms with van der Waals surface area (Å²) >= 11 is 0. The molecule has 3 aromatic rings. The first-order valence-corrected chi connectivity index (χ1v) is 9.87. The fourth-order valence-corrected chi connectivity index (χ4v) is 3.32. The van der Waals surface area contributed by atoms with E-state index >= 15 is 0 Å². The number of benzene rings is 2. The molecule has 1 atom stereocenters. The van der Waals surface area contributed by atoms with Crippen LogP contribution in [0.5, 0.6) is 0 Å². The number of rotatable bonds is 4. The van der Waals surface area contributed by atoms with Crippen LogP contribution in [0.15, 0.2) is 66.0 Å². The number of ether oxygens (including phenoxy) is 2. The Bertz CT molecular complexity index is 924. The number of nitrogens with zero attached hydrogens (tertiary/aromatic N) is 2. The molecule has 1 aliphatic heterocycles. The third-order valence-electron chi connectivity index (χ3n) is 4.19. The van der Waals surface area contributed by atoms with E-state index in [1.807, 2.05) is 54.6 Å². The normalized spacial score (nSPS) is 15.9. The summed E-state index contributed by atoms with van der Waals surface area (Å²) in [4.78, 5) is 8.84. The van der Waals surface area contributed by atoms with E-state index in [-0.39, 0.29) is 6.29 Å². The molecule has 0 N–H and O–H groups in total. The topological polar surface area (TPSA) is 61.3 Å². The summed E-state index contributed by atoms with van der Waals surface area (Å²) in [5, 5.41) is 0.325. The molecule has 5 nitrogen and oxygen atoms in total. The lowest BCUT2D eigenvalue weighted by Crippen LogP contribution is -2.01. The van der Waals surface area contributed by atoms with Crippen molar-refractivity contribution in [3.05, 3.63) is 66.4 Å². The van der Waals surface area contributed by atoms with Crippen molar-refractivity contribution in [2.45, 2.75) is 11.4 Å². The lowest BCUT2D eigenvalue weighted by atomic mass is 10.00. The van der Waals surface area contributed by atoms with E-state index in [2.05, 4.69) is 9.97 Å². The molecule has 2 heterocycles. The predicted molar refractivity (Wildman–Crippen MR) is 99.9 cm³/mol. The lowest BCUT2D eigenvalue weighted by Gasteiger charge is -2.12. The zero-order valence-electron chi connectivity index (χ0n) is 14.3. The maximum atomic E-state index is 11.9. The van der Waals surface area contributed by atoms with Crippen molar-refractivity contribution in [3.8, 4) is 22.4 Å². The molecule has 1 unspecified atom stereocenters. The minimum absolute atomic E-state index is 0.304. The third-order valence-corrected chi connectivity index (χ3v) is 4.90. The van der Waals surface area contributed by atoms with Gasteiger partial charge in [0.1, 0.15) is 0 Å². The molecular formula is C20H18N2O3S. The van der Waals surface area contributed by atoms with Crippen molar-refractivity contribution in [1.29, 1.82) is 0 Å². The molecule has 0 amide bonds. The van der Waals surface area contributed by atoms with E-state index < -0.39 is 10.8 Å². The van der Waals surface area contributed by atoms with Crippen LogP contribution in [0.25, 0.3) is 22.4 Å². The van der Waals surface area contributed by atoms with Crippen LogP contribution in [0.4, 0.5) is 0 Å². The van der Waals surface area contributed by atoms with Crippen LogP contribution in [0, 0.1) is 0 Å². The standard InChI is InChI=1S/C20H18N2O3S/c1-26(23)20-21-13-17(14-5-3-2-4-6-14)18(22-20)15-7-9-16(10-8-15)19-24-11-12-25-19/h2-10,13,19H,11-12H2,1H3. The van der Waals surface area contributed by atoms with Gasteiger partial charge in [-0.2, -0.15) is 0 Å². The van der Waals surface area contributed by atoms with Gasteiger partial charge in [-0.05, 0) is 5.56 Å². The second kappa shape index (κ2) is 7.45. The molecule has 0 saturated carbocycles. The van der Waals surface area contributed by atoms with E-state index in [9.17, 15) is 4.21 Å². The highest BCUT2D eigenvalue weighted by Gasteiger charge is 2.19. The second-order valence-corrected chi connectivity index (χ2v) is 7.20. The Morgan fingerprint density at radius 3 is 2.31 bits per heavy atom. The van der Waals surface area contributed by atoms with E-state index in [1.165, 1.54) is 0 Å². The first-order chi connectivity index (χ1) is 12.7. The Morgan fingerprint density at radius 1 is 0.962 bits per heavy atom. The quantitative estimate of drug-likeness (QED) is 0.660. The van der Waals surface area contributed by atoms with Crippen LogP contribution in [0.2, 0.25) is 0 Å². The minimum Gasteiger partial charge on any atom is -0.346 e. The predicted octanol–water partition coefficient (Wildman–Crippen LogP) is 3.59. The fraction of sp³-hybridized carbons (Fsp3) is 0.200. The molecule has 0 bridgehead atoms. The maximum absolute atomic E-state index is 11.9. The average Bonchev–Trinajstić information content (AvgIpc) is 3.23. The van der Waals surface area contributed by atoms with E-state index in [1.54, 1.807) is 12.5 Å². The summed E-state index contributed by atoms with van der Waals surface area (Å²) in [6.45, 7) is 1.23. The Hall–Kier alpha value is -2.41. The summed E-state index contributed by atoms with van der Waals surface area (Å²) < 4.78 is 22.9. The van der Waals surface area contributed by atoms with Gasteiger partial charge in [0.15, 0.2) is 6.29 Å². The zero-order chi connectivity index (χ0) is 17.9. The van der Waals surface area contributed by atoms with Crippen molar-refractivity contribution in [1.82, 2.24) is 9.97 Å². The van der Waals surface area contributed by atoms with Crippen LogP contribution >= 0.6 is 0 Å². The molecule has 0 radical (unpaired) electrons. The minimum atomic E-state index is -1.25. The molecular weight excluding hydrogens is 348 g/mol. The van der Waals surface area contributed by atoms with Gasteiger partial charge in [0.2, 0.25) is 5.16 Å². The summed E-state index contributed by atoms with van der Waals surface area (Å²) in [5.41, 5.74) is 4.58. The van der Waals surface area contributed by atoms with Gasteiger partial charge in [-0.1, -0.05) is 54.6 Å². The Labute approximate surface area is 154 Å². The molecule has 132 valence electrons. The van der Waals surface area contributed by atoms with Crippen molar-refractivity contribution >= 4 is 10.8 Å². The molecule has 26 heavy (non-hydrogen) atoms. The Morgan fingerprint density at radius 2 is 1.65 bits per heavy atom. The summed E-state index contributed by atoms with van der Waals surface area (Å²) in [6, 6.07) is 17.9. The monoisotopic (exact) mass is 366 g/mol. The van der Waals surface area contributed by atoms with Crippen LogP contribution < -0.4 is 0 Å². The van der Waals surface area contributed by atoms with Crippen LogP contribution in [-0.4, -0.2) is 33.6 Å². The molecule has 2 aromatic carbocycles. The molecule has 1 aromatic heterocycles. The zero-order valence-corrected chi connectivity index (χ0v) is 15.1. The van der Waals surface area contributed by atoms with Gasteiger partial charge in [-0.25, -0.2) is 9.97 Å². The number of hydrogen-bond donors (Lipinski definition) is 0. The highest BCUT2D eigenvalue weighted by atomic mass is 32.2. The van der Waals surface area contributed by atoms with Gasteiger partial charge < -0.3 is 9.47 Å². The fourth-order valence-electron chi connectivity index (χ4n) is 2.90. The van der Waals surface area contributed by atoms with Crippen LogP contribution in [0.1, 0.15) is 11.9 Å². The van der Waals surface area contributed by atoms with Crippen molar-refractivity contribution in [2.75, 3.05) is 19.5 Å². The highest BCUT2D eigenvalue weighted by molar-refractivity contribution is 7.84. The lowest BCUT2D eigenvalue weighted by molar-refractivity contribution is -0.0441. The number of aromatic nitrogens is 2. The molecule has 4 rings (SSSR count). The molecule has 0 aliphatic carbocycles. The van der Waals surface area contributed by atoms with Gasteiger partial charge in [-0.15, -0.1) is 0 Å². The Balaban J connectivity index is 1.78. The summed E-state index contributed by atoms with van der Waals surface area (Å²) in [6.07, 6.45) is 3.02. The molecule has 1 fully saturated rings. The Kier molecular flexibility index (Phi) is 4.88. The highest BCUT2D eigenvalue weighted by Crippen LogP contribution is 2.32. The van der Waals surface area contributed by atoms with E-state index in [0.29, 0.717) is 18.4 Å². The largest absolute Gasteiger partial charge is 0.346 e. The van der Waals surface area contributed by atoms with Gasteiger partial charge >= 0.3 is 0 Å². The smallest absolute Gasteiger partial charge is 0.218 e. The van der Waals surface area contributed by atoms with Crippen molar-refractivity contribution in [2.24, 2.45) is 0 Å². The van der Waals surface area contributed by atoms with Gasteiger partial charge in [0.25, 0.3) is 0 Å². The van der Waals surface area contributed by atoms with Gasteiger partial charge in [0.05, 0.1) is 29.7 Å². The number of hydrogen-bond acceptors (Lipinski definition) is 5. The molecule has 1 saturated heterocycles. The van der Waals surface area contributed by atoms with Crippen molar-refractivity contribution < 1.29 is 13.7 Å². The first-order valence-electron chi connectivity index (χ1n) is 8.32. The summed E-state index contributed by atoms with van der Waals surface area (Å²) in [7, 11) is -1.25. The third kappa shape index (κ3) is 3.44.